The molecule has 0 spiro atoms. The standard InChI is InChI=1S/C13H11F5N4O/c1-7-2-4-8(5-3-7)22-10(20-11(19)23)6-9(21-22)12(14,15)13(16,17)18/h2-6H,1H3,(H3,19,20,23). The van der Waals surface area contributed by atoms with Crippen molar-refractivity contribution >= 4 is 11.8 Å². The Bertz CT molecular complexity index is 721. The summed E-state index contributed by atoms with van der Waals surface area (Å²) in [6.07, 6.45) is -5.82. The fourth-order valence-corrected chi connectivity index (χ4v) is 1.78. The summed E-state index contributed by atoms with van der Waals surface area (Å²) in [6.45, 7) is 1.76. The molecule has 0 saturated carbocycles. The average Bonchev–Trinajstić information content (AvgIpc) is 2.82. The highest BCUT2D eigenvalue weighted by molar-refractivity contribution is 5.87. The Kier molecular flexibility index (Phi) is 4.01. The molecule has 2 amide bonds. The van der Waals surface area contributed by atoms with Crippen LogP contribution < -0.4 is 11.1 Å². The third-order valence-corrected chi connectivity index (χ3v) is 2.92. The van der Waals surface area contributed by atoms with Crippen molar-refractivity contribution in [1.29, 1.82) is 0 Å². The molecule has 0 atom stereocenters. The van der Waals surface area contributed by atoms with Crippen LogP contribution in [0.25, 0.3) is 5.69 Å². The van der Waals surface area contributed by atoms with E-state index in [-0.39, 0.29) is 5.69 Å². The number of carbonyl (C=O) groups is 1. The minimum absolute atomic E-state index is 0.184. The number of hydrogen-bond acceptors (Lipinski definition) is 2. The number of carbonyl (C=O) groups excluding carboxylic acids is 1. The van der Waals surface area contributed by atoms with E-state index in [1.54, 1.807) is 19.1 Å². The second-order valence-electron chi connectivity index (χ2n) is 4.72. The van der Waals surface area contributed by atoms with Gasteiger partial charge in [-0.15, -0.1) is 0 Å². The quantitative estimate of drug-likeness (QED) is 0.845. The molecule has 1 heterocycles. The number of anilines is 1. The van der Waals surface area contributed by atoms with E-state index in [2.05, 4.69) is 5.10 Å². The number of aromatic nitrogens is 2. The van der Waals surface area contributed by atoms with Crippen molar-refractivity contribution in [3.8, 4) is 5.69 Å². The normalized spacial score (nSPS) is 12.3. The number of alkyl halides is 5. The molecule has 0 aliphatic carbocycles. The second kappa shape index (κ2) is 5.52. The number of nitrogens with zero attached hydrogens (tertiary/aromatic N) is 2. The summed E-state index contributed by atoms with van der Waals surface area (Å²) in [6, 6.07) is 5.41. The van der Waals surface area contributed by atoms with Crippen LogP contribution >= 0.6 is 0 Å². The predicted molar refractivity (Wildman–Crippen MR) is 71.5 cm³/mol. The topological polar surface area (TPSA) is 72.9 Å². The summed E-state index contributed by atoms with van der Waals surface area (Å²) in [4.78, 5) is 10.9. The van der Waals surface area contributed by atoms with Crippen molar-refractivity contribution in [3.05, 3.63) is 41.6 Å². The molecule has 1 aromatic heterocycles. The minimum Gasteiger partial charge on any atom is -0.351 e. The van der Waals surface area contributed by atoms with Gasteiger partial charge >= 0.3 is 18.1 Å². The number of rotatable bonds is 3. The first-order chi connectivity index (χ1) is 10.5. The number of nitrogens with one attached hydrogen (secondary N) is 1. The molecular weight excluding hydrogens is 323 g/mol. The maximum atomic E-state index is 13.4. The molecule has 124 valence electrons. The molecule has 10 heteroatoms. The summed E-state index contributed by atoms with van der Waals surface area (Å²) in [7, 11) is 0. The molecule has 1 aromatic carbocycles. The summed E-state index contributed by atoms with van der Waals surface area (Å²) < 4.78 is 65.0. The maximum absolute atomic E-state index is 13.4. The number of halogens is 5. The fraction of sp³-hybridized carbons (Fsp3) is 0.231. The maximum Gasteiger partial charge on any atom is 0.459 e. The van der Waals surface area contributed by atoms with E-state index in [4.69, 9.17) is 5.73 Å². The van der Waals surface area contributed by atoms with Gasteiger partial charge < -0.3 is 5.73 Å². The molecule has 0 aliphatic rings. The Morgan fingerprint density at radius 3 is 2.22 bits per heavy atom. The van der Waals surface area contributed by atoms with Crippen molar-refractivity contribution in [3.63, 3.8) is 0 Å². The highest BCUT2D eigenvalue weighted by Crippen LogP contribution is 2.44. The van der Waals surface area contributed by atoms with Crippen LogP contribution in [0.15, 0.2) is 30.3 Å². The van der Waals surface area contributed by atoms with Crippen LogP contribution in [-0.4, -0.2) is 22.0 Å². The smallest absolute Gasteiger partial charge is 0.351 e. The third-order valence-electron chi connectivity index (χ3n) is 2.92. The first kappa shape index (κ1) is 16.7. The van der Waals surface area contributed by atoms with Crippen LogP contribution in [0.1, 0.15) is 11.3 Å². The zero-order valence-corrected chi connectivity index (χ0v) is 11.7. The van der Waals surface area contributed by atoms with Crippen molar-refractivity contribution in [2.75, 3.05) is 5.32 Å². The number of urea groups is 1. The van der Waals surface area contributed by atoms with E-state index in [1.165, 1.54) is 12.1 Å². The number of primary amides is 1. The van der Waals surface area contributed by atoms with Crippen LogP contribution in [0.2, 0.25) is 0 Å². The summed E-state index contributed by atoms with van der Waals surface area (Å²) >= 11 is 0. The SMILES string of the molecule is Cc1ccc(-n2nc(C(F)(F)C(F)(F)F)cc2NC(N)=O)cc1. The Morgan fingerprint density at radius 1 is 1.17 bits per heavy atom. The van der Waals surface area contributed by atoms with Gasteiger partial charge in [-0.05, 0) is 19.1 Å². The van der Waals surface area contributed by atoms with Crippen LogP contribution in [-0.2, 0) is 5.92 Å². The number of amides is 2. The molecule has 0 aliphatic heterocycles. The van der Waals surface area contributed by atoms with Gasteiger partial charge in [-0.2, -0.15) is 27.1 Å². The lowest BCUT2D eigenvalue weighted by Gasteiger charge is -2.16. The Labute approximate surface area is 126 Å². The van der Waals surface area contributed by atoms with Gasteiger partial charge in [-0.25, -0.2) is 9.48 Å². The summed E-state index contributed by atoms with van der Waals surface area (Å²) in [5, 5.41) is 5.25. The van der Waals surface area contributed by atoms with E-state index < -0.39 is 29.6 Å². The number of nitrogens with two attached hydrogens (primary N) is 1. The largest absolute Gasteiger partial charge is 0.459 e. The average molecular weight is 334 g/mol. The summed E-state index contributed by atoms with van der Waals surface area (Å²) in [5.41, 5.74) is 4.37. The van der Waals surface area contributed by atoms with Gasteiger partial charge in [-0.3, -0.25) is 5.32 Å². The molecule has 2 aromatic rings. The molecule has 0 radical (unpaired) electrons. The zero-order valence-electron chi connectivity index (χ0n) is 11.7. The summed E-state index contributed by atoms with van der Waals surface area (Å²) in [5.74, 6) is -5.57. The highest BCUT2D eigenvalue weighted by atomic mass is 19.4. The van der Waals surface area contributed by atoms with Crippen LogP contribution in [0.3, 0.4) is 0 Å². The molecule has 0 fully saturated rings. The van der Waals surface area contributed by atoms with Crippen LogP contribution in [0.4, 0.5) is 32.6 Å². The molecule has 0 bridgehead atoms. The molecule has 5 nitrogen and oxygen atoms in total. The van der Waals surface area contributed by atoms with Crippen molar-refractivity contribution in [2.24, 2.45) is 5.73 Å². The van der Waals surface area contributed by atoms with Gasteiger partial charge in [0.15, 0.2) is 0 Å². The predicted octanol–water partition coefficient (Wildman–Crippen LogP) is 3.33. The molecular formula is C13H11F5N4O. The minimum atomic E-state index is -5.82. The van der Waals surface area contributed by atoms with Crippen molar-refractivity contribution < 1.29 is 26.7 Å². The van der Waals surface area contributed by atoms with Gasteiger partial charge in [0, 0.05) is 6.07 Å². The Hall–Kier alpha value is -2.65. The highest BCUT2D eigenvalue weighted by Gasteiger charge is 2.60. The molecule has 2 rings (SSSR count). The Morgan fingerprint density at radius 2 is 1.74 bits per heavy atom. The van der Waals surface area contributed by atoms with Crippen molar-refractivity contribution in [1.82, 2.24) is 9.78 Å². The molecule has 0 saturated heterocycles. The number of benzene rings is 1. The molecule has 0 unspecified atom stereocenters. The Balaban J connectivity index is 2.57. The lowest BCUT2D eigenvalue weighted by Crippen LogP contribution is -2.34. The second-order valence-corrected chi connectivity index (χ2v) is 4.72. The van der Waals surface area contributed by atoms with E-state index >= 15 is 0 Å². The van der Waals surface area contributed by atoms with Gasteiger partial charge in [0.25, 0.3) is 0 Å². The monoisotopic (exact) mass is 334 g/mol. The van der Waals surface area contributed by atoms with E-state index in [0.29, 0.717) is 6.07 Å². The van der Waals surface area contributed by atoms with Gasteiger partial charge in [0.1, 0.15) is 11.5 Å². The van der Waals surface area contributed by atoms with Gasteiger partial charge in [0.2, 0.25) is 0 Å². The van der Waals surface area contributed by atoms with Gasteiger partial charge in [-0.1, -0.05) is 17.7 Å². The van der Waals surface area contributed by atoms with Crippen molar-refractivity contribution in [2.45, 2.75) is 19.0 Å². The van der Waals surface area contributed by atoms with Crippen LogP contribution in [0, 0.1) is 6.92 Å². The van der Waals surface area contributed by atoms with E-state index in [1.807, 2.05) is 5.32 Å². The third kappa shape index (κ3) is 3.25. The lowest BCUT2D eigenvalue weighted by molar-refractivity contribution is -0.291. The molecule has 23 heavy (non-hydrogen) atoms. The van der Waals surface area contributed by atoms with E-state index in [0.717, 1.165) is 10.2 Å². The number of hydrogen-bond donors (Lipinski definition) is 2. The first-order valence-electron chi connectivity index (χ1n) is 6.21. The first-order valence-corrected chi connectivity index (χ1v) is 6.21. The van der Waals surface area contributed by atoms with E-state index in [9.17, 15) is 26.7 Å². The number of aryl methyl sites for hydroxylation is 1. The molecule has 3 N–H and O–H groups in total. The lowest BCUT2D eigenvalue weighted by atomic mass is 10.2. The van der Waals surface area contributed by atoms with Crippen LogP contribution in [0.5, 0.6) is 0 Å². The van der Waals surface area contributed by atoms with Gasteiger partial charge in [0.05, 0.1) is 5.69 Å². The zero-order chi connectivity index (χ0) is 17.4. The fourth-order valence-electron chi connectivity index (χ4n) is 1.78.